The molecule has 1 aliphatic heterocycles. The van der Waals surface area contributed by atoms with E-state index in [9.17, 15) is 19.2 Å². The van der Waals surface area contributed by atoms with Gasteiger partial charge in [-0.25, -0.2) is 19.1 Å². The number of hydrogen-bond donors (Lipinski definition) is 2. The van der Waals surface area contributed by atoms with E-state index in [1.165, 1.54) is 0 Å². The Morgan fingerprint density at radius 3 is 1.88 bits per heavy atom. The number of carbonyl (C=O) groups excluding carboxylic acids is 4. The molecule has 2 N–H and O–H groups in total. The Bertz CT molecular complexity index is 1540. The van der Waals surface area contributed by atoms with E-state index in [0.717, 1.165) is 50.7 Å². The largest absolute Gasteiger partial charge is 0.432 e. The molecule has 3 aromatic rings. The van der Waals surface area contributed by atoms with Crippen LogP contribution in [0.5, 0.6) is 0 Å². The average molecular weight is 661 g/mol. The summed E-state index contributed by atoms with van der Waals surface area (Å²) in [5.74, 6) is 5.82. The lowest BCUT2D eigenvalue weighted by atomic mass is 10.2. The summed E-state index contributed by atoms with van der Waals surface area (Å²) < 4.78 is 3.45. The van der Waals surface area contributed by atoms with Gasteiger partial charge in [-0.3, -0.25) is 24.2 Å². The first-order valence-corrected chi connectivity index (χ1v) is 16.4. The zero-order valence-electron chi connectivity index (χ0n) is 28.1. The summed E-state index contributed by atoms with van der Waals surface area (Å²) in [6.07, 6.45) is 3.28. The van der Waals surface area contributed by atoms with E-state index >= 15 is 0 Å². The van der Waals surface area contributed by atoms with Gasteiger partial charge in [0, 0.05) is 57.0 Å². The number of nitrogens with zero attached hydrogens (tertiary/aromatic N) is 8. The highest BCUT2D eigenvalue weighted by Crippen LogP contribution is 2.15. The Morgan fingerprint density at radius 1 is 0.833 bits per heavy atom. The predicted molar refractivity (Wildman–Crippen MR) is 176 cm³/mol. The van der Waals surface area contributed by atoms with Gasteiger partial charge >= 0.3 is 6.09 Å². The zero-order chi connectivity index (χ0) is 34.5. The van der Waals surface area contributed by atoms with E-state index in [1.807, 2.05) is 36.7 Å². The topological polar surface area (TPSA) is 160 Å². The van der Waals surface area contributed by atoms with Gasteiger partial charge in [0.1, 0.15) is 0 Å². The quantitative estimate of drug-likeness (QED) is 0.132. The molecule has 15 heteroatoms. The maximum atomic E-state index is 12.4. The van der Waals surface area contributed by atoms with Crippen molar-refractivity contribution in [2.24, 2.45) is 0 Å². The Morgan fingerprint density at radius 2 is 1.35 bits per heavy atom. The van der Waals surface area contributed by atoms with Gasteiger partial charge in [-0.2, -0.15) is 10.2 Å². The summed E-state index contributed by atoms with van der Waals surface area (Å²) in [6.45, 7) is 14.1. The van der Waals surface area contributed by atoms with Crippen LogP contribution in [-0.4, -0.2) is 102 Å². The van der Waals surface area contributed by atoms with Crippen LogP contribution in [0.15, 0.2) is 36.7 Å². The molecule has 4 rings (SSSR count). The molecule has 1 saturated heterocycles. The van der Waals surface area contributed by atoms with Gasteiger partial charge in [0.05, 0.1) is 17.8 Å². The second kappa shape index (κ2) is 17.7. The van der Waals surface area contributed by atoms with Crippen LogP contribution in [0, 0.1) is 11.8 Å². The molecule has 0 radical (unpaired) electrons. The molecule has 3 aromatic heterocycles. The molecule has 1 aliphatic rings. The maximum absolute atomic E-state index is 12.4. The Labute approximate surface area is 280 Å². The van der Waals surface area contributed by atoms with Gasteiger partial charge in [-0.05, 0) is 56.9 Å². The Hall–Kier alpha value is -5.07. The molecule has 0 bridgehead atoms. The van der Waals surface area contributed by atoms with E-state index < -0.39 is 17.9 Å². The van der Waals surface area contributed by atoms with Crippen LogP contribution < -0.4 is 10.6 Å². The second-order valence-corrected chi connectivity index (χ2v) is 11.1. The van der Waals surface area contributed by atoms with Crippen molar-refractivity contribution in [1.82, 2.24) is 50.0 Å². The van der Waals surface area contributed by atoms with E-state index in [1.54, 1.807) is 9.36 Å². The number of rotatable bonds is 16. The molecule has 0 aromatic carbocycles. The van der Waals surface area contributed by atoms with Crippen LogP contribution >= 0.6 is 0 Å². The van der Waals surface area contributed by atoms with Crippen LogP contribution in [-0.2, 0) is 32.3 Å². The third-order valence-corrected chi connectivity index (χ3v) is 7.72. The van der Waals surface area contributed by atoms with Crippen molar-refractivity contribution in [2.75, 3.05) is 39.3 Å². The maximum Gasteiger partial charge on any atom is 0.432 e. The Kier molecular flexibility index (Phi) is 13.2. The minimum atomic E-state index is -0.905. The number of nitrogens with one attached hydrogen (secondary N) is 2. The van der Waals surface area contributed by atoms with Crippen molar-refractivity contribution in [2.45, 2.75) is 66.5 Å². The first-order valence-electron chi connectivity index (χ1n) is 16.4. The van der Waals surface area contributed by atoms with Crippen molar-refractivity contribution in [3.05, 3.63) is 53.6 Å². The molecule has 0 spiro atoms. The normalized spacial score (nSPS) is 12.8. The molecule has 256 valence electrons. The smallest absolute Gasteiger partial charge is 0.355 e. The van der Waals surface area contributed by atoms with Crippen LogP contribution in [0.3, 0.4) is 0 Å². The summed E-state index contributed by atoms with van der Waals surface area (Å²) in [4.78, 5) is 61.5. The minimum absolute atomic E-state index is 0.0231. The van der Waals surface area contributed by atoms with E-state index in [2.05, 4.69) is 60.0 Å². The standard InChI is InChI=1S/C33H44N10O5/c1-5-39(6-2)23-26-15-19-41(37-26)28-21-25(22-29(36-28)42-20-16-27(38-42)24-40(7-3)8-4)11-9-12-30(44)34-17-10-18-35-33(47)48-43-31(45)13-14-32(43)46/h15-16,19-22H,5-8,10,12-14,17-18,23-24H2,1-4H3,(H,34,44)(H,35,47). The second-order valence-electron chi connectivity index (χ2n) is 11.1. The highest BCUT2D eigenvalue weighted by atomic mass is 16.7. The number of pyridine rings is 1. The van der Waals surface area contributed by atoms with Gasteiger partial charge in [0.15, 0.2) is 11.6 Å². The molecule has 0 atom stereocenters. The first kappa shape index (κ1) is 35.8. The lowest BCUT2D eigenvalue weighted by Crippen LogP contribution is -2.38. The number of imide groups is 1. The number of carbonyl (C=O) groups is 4. The molecule has 4 heterocycles. The number of hydrogen-bond acceptors (Lipinski definition) is 10. The minimum Gasteiger partial charge on any atom is -0.355 e. The highest BCUT2D eigenvalue weighted by molar-refractivity contribution is 6.01. The summed E-state index contributed by atoms with van der Waals surface area (Å²) in [5.41, 5.74) is 2.52. The summed E-state index contributed by atoms with van der Waals surface area (Å²) in [5, 5.41) is 15.2. The average Bonchev–Trinajstić information content (AvgIpc) is 3.83. The fourth-order valence-corrected chi connectivity index (χ4v) is 4.88. The van der Waals surface area contributed by atoms with Gasteiger partial charge < -0.3 is 15.5 Å². The summed E-state index contributed by atoms with van der Waals surface area (Å²) >= 11 is 0. The monoisotopic (exact) mass is 660 g/mol. The number of hydroxylamine groups is 2. The molecular formula is C33H44N10O5. The number of amides is 4. The van der Waals surface area contributed by atoms with Gasteiger partial charge in [0.2, 0.25) is 5.91 Å². The van der Waals surface area contributed by atoms with Crippen molar-refractivity contribution < 1.29 is 24.0 Å². The molecule has 1 fully saturated rings. The molecule has 0 aliphatic carbocycles. The van der Waals surface area contributed by atoms with Crippen LogP contribution in [0.1, 0.15) is 70.3 Å². The number of aromatic nitrogens is 5. The van der Waals surface area contributed by atoms with Crippen LogP contribution in [0.25, 0.3) is 11.6 Å². The van der Waals surface area contributed by atoms with Gasteiger partial charge in [0.25, 0.3) is 11.8 Å². The highest BCUT2D eigenvalue weighted by Gasteiger charge is 2.32. The lowest BCUT2D eigenvalue weighted by molar-refractivity contribution is -0.171. The van der Waals surface area contributed by atoms with Gasteiger partial charge in [-0.15, -0.1) is 5.06 Å². The third-order valence-electron chi connectivity index (χ3n) is 7.72. The molecule has 4 amide bonds. The van der Waals surface area contributed by atoms with Crippen molar-refractivity contribution in [3.63, 3.8) is 0 Å². The molecule has 48 heavy (non-hydrogen) atoms. The third kappa shape index (κ3) is 10.2. The van der Waals surface area contributed by atoms with Crippen molar-refractivity contribution >= 4 is 23.8 Å². The van der Waals surface area contributed by atoms with E-state index in [4.69, 9.17) is 20.0 Å². The fourth-order valence-electron chi connectivity index (χ4n) is 4.88. The fraction of sp³-hybridized carbons (Fsp3) is 0.485. The molecular weight excluding hydrogens is 616 g/mol. The summed E-state index contributed by atoms with van der Waals surface area (Å²) in [7, 11) is 0. The molecule has 0 saturated carbocycles. The van der Waals surface area contributed by atoms with Crippen molar-refractivity contribution in [1.29, 1.82) is 0 Å². The van der Waals surface area contributed by atoms with Crippen LogP contribution in [0.2, 0.25) is 0 Å². The van der Waals surface area contributed by atoms with E-state index in [0.29, 0.717) is 28.7 Å². The van der Waals surface area contributed by atoms with E-state index in [-0.39, 0.29) is 38.3 Å². The zero-order valence-corrected chi connectivity index (χ0v) is 28.1. The lowest BCUT2D eigenvalue weighted by Gasteiger charge is -2.16. The predicted octanol–water partition coefficient (Wildman–Crippen LogP) is 2.17. The first-order chi connectivity index (χ1) is 23.2. The van der Waals surface area contributed by atoms with Crippen LogP contribution in [0.4, 0.5) is 4.79 Å². The van der Waals surface area contributed by atoms with Crippen molar-refractivity contribution in [3.8, 4) is 23.5 Å². The Balaban J connectivity index is 1.38. The summed E-state index contributed by atoms with van der Waals surface area (Å²) in [6, 6.07) is 7.62. The van der Waals surface area contributed by atoms with Gasteiger partial charge in [-0.1, -0.05) is 39.5 Å². The molecule has 15 nitrogen and oxygen atoms in total. The molecule has 0 unspecified atom stereocenters. The SMILES string of the molecule is CCN(CC)Cc1ccn(-c2cc(C#CCC(=O)NCCCNC(=O)ON3C(=O)CCC3=O)cc(-n3ccc(CN(CC)CC)n3)n2)n1.